The smallest absolute Gasteiger partial charge is 0.343 e. The molecule has 8 nitrogen and oxygen atoms in total. The molecule has 0 unspecified atom stereocenters. The molecule has 3 heterocycles. The number of hydrogen-bond acceptors (Lipinski definition) is 6. The number of carbonyl (C=O) groups excluding carboxylic acids is 1. The highest BCUT2D eigenvalue weighted by atomic mass is 16.3. The largest absolute Gasteiger partial charge is 0.507 e. The van der Waals surface area contributed by atoms with Gasteiger partial charge >= 0.3 is 5.69 Å². The van der Waals surface area contributed by atoms with Crippen molar-refractivity contribution in [3.05, 3.63) is 93.5 Å². The number of phenolic OH excluding ortho intramolecular Hbond substituents is 1. The average Bonchev–Trinajstić information content (AvgIpc) is 3.28. The van der Waals surface area contributed by atoms with Crippen LogP contribution in [-0.4, -0.2) is 43.7 Å². The highest BCUT2D eigenvalue weighted by Gasteiger charge is 2.25. The van der Waals surface area contributed by atoms with Crippen molar-refractivity contribution < 1.29 is 9.90 Å². The van der Waals surface area contributed by atoms with Crippen LogP contribution in [-0.2, 0) is 0 Å². The fourth-order valence-corrected chi connectivity index (χ4v) is 4.64. The number of benzene rings is 2. The molecule has 2 aromatic carbocycles. The molecule has 0 bridgehead atoms. The number of nitrogens with one attached hydrogen (secondary N) is 1. The van der Waals surface area contributed by atoms with Gasteiger partial charge in [0.05, 0.1) is 6.04 Å². The Bertz CT molecular complexity index is 1410. The van der Waals surface area contributed by atoms with Crippen molar-refractivity contribution in [3.8, 4) is 17.1 Å². The molecule has 2 N–H and O–H groups in total. The van der Waals surface area contributed by atoms with Crippen LogP contribution in [0, 0.1) is 13.8 Å². The van der Waals surface area contributed by atoms with Crippen LogP contribution in [0.25, 0.3) is 11.4 Å². The lowest BCUT2D eigenvalue weighted by Crippen LogP contribution is -2.38. The minimum Gasteiger partial charge on any atom is -0.507 e. The van der Waals surface area contributed by atoms with Gasteiger partial charge in [-0.15, -0.1) is 5.10 Å². The van der Waals surface area contributed by atoms with E-state index >= 15 is 0 Å². The van der Waals surface area contributed by atoms with Crippen LogP contribution in [0.4, 0.5) is 5.82 Å². The first kappa shape index (κ1) is 22.6. The SMILES string of the molecule is Cc1cc(C(=O)c2ccnc(N3CCC(n4nc(-c5ccccc5)[nH]c4=O)CC3)c2)cc(C)c1O. The molecular formula is C27H27N5O3. The third-order valence-electron chi connectivity index (χ3n) is 6.58. The summed E-state index contributed by atoms with van der Waals surface area (Å²) in [7, 11) is 0. The molecule has 0 spiro atoms. The van der Waals surface area contributed by atoms with Crippen molar-refractivity contribution in [1.29, 1.82) is 0 Å². The lowest BCUT2D eigenvalue weighted by molar-refractivity contribution is 0.103. The molecule has 0 saturated carbocycles. The van der Waals surface area contributed by atoms with E-state index in [0.717, 1.165) is 24.2 Å². The van der Waals surface area contributed by atoms with Crippen molar-refractivity contribution >= 4 is 11.6 Å². The predicted octanol–water partition coefficient (Wildman–Crippen LogP) is 4.03. The molecule has 5 rings (SSSR count). The summed E-state index contributed by atoms with van der Waals surface area (Å²) in [5.74, 6) is 1.42. The van der Waals surface area contributed by atoms with Gasteiger partial charge in [0.2, 0.25) is 0 Å². The molecule has 8 heteroatoms. The highest BCUT2D eigenvalue weighted by Crippen LogP contribution is 2.27. The molecule has 0 amide bonds. The Morgan fingerprint density at radius 2 is 1.69 bits per heavy atom. The van der Waals surface area contributed by atoms with E-state index in [4.69, 9.17) is 0 Å². The van der Waals surface area contributed by atoms with E-state index in [2.05, 4.69) is 20.0 Å². The van der Waals surface area contributed by atoms with Crippen LogP contribution >= 0.6 is 0 Å². The molecule has 1 aliphatic heterocycles. The Morgan fingerprint density at radius 1 is 1.00 bits per heavy atom. The van der Waals surface area contributed by atoms with Gasteiger partial charge in [-0.05, 0) is 62.1 Å². The van der Waals surface area contributed by atoms with Crippen LogP contribution in [0.15, 0.2) is 65.6 Å². The van der Waals surface area contributed by atoms with E-state index in [1.165, 1.54) is 0 Å². The van der Waals surface area contributed by atoms with Gasteiger partial charge in [-0.1, -0.05) is 30.3 Å². The zero-order valence-corrected chi connectivity index (χ0v) is 19.7. The minimum atomic E-state index is -0.201. The first-order chi connectivity index (χ1) is 16.9. The van der Waals surface area contributed by atoms with Crippen LogP contribution < -0.4 is 10.6 Å². The number of anilines is 1. The molecular weight excluding hydrogens is 442 g/mol. The molecule has 0 radical (unpaired) electrons. The quantitative estimate of drug-likeness (QED) is 0.428. The fourth-order valence-electron chi connectivity index (χ4n) is 4.64. The molecule has 178 valence electrons. The van der Waals surface area contributed by atoms with Crippen molar-refractivity contribution in [1.82, 2.24) is 19.7 Å². The number of ketones is 1. The number of rotatable bonds is 5. The molecule has 0 atom stereocenters. The summed E-state index contributed by atoms with van der Waals surface area (Å²) >= 11 is 0. The lowest BCUT2D eigenvalue weighted by atomic mass is 9.99. The number of carbonyl (C=O) groups is 1. The maximum absolute atomic E-state index is 13.1. The first-order valence-corrected chi connectivity index (χ1v) is 11.7. The third kappa shape index (κ3) is 4.47. The number of aromatic hydroxyl groups is 1. The molecule has 1 fully saturated rings. The molecule has 0 aliphatic carbocycles. The van der Waals surface area contributed by atoms with E-state index in [1.807, 2.05) is 36.4 Å². The second kappa shape index (κ2) is 9.21. The van der Waals surface area contributed by atoms with Crippen molar-refractivity contribution in [2.24, 2.45) is 0 Å². The summed E-state index contributed by atoms with van der Waals surface area (Å²) in [4.78, 5) is 35.2. The van der Waals surface area contributed by atoms with Gasteiger partial charge < -0.3 is 10.0 Å². The first-order valence-electron chi connectivity index (χ1n) is 11.7. The standard InChI is InChI=1S/C27H27N5O3/c1-17-14-21(15-18(2)24(17)33)25(34)20-8-11-28-23(16-20)31-12-9-22(10-13-31)32-27(35)29-26(30-32)19-6-4-3-5-7-19/h3-8,11,14-16,22,33H,9-10,12-13H2,1-2H3,(H,29,30,35). The fraction of sp³-hybridized carbons (Fsp3) is 0.259. The molecule has 1 saturated heterocycles. The predicted molar refractivity (Wildman–Crippen MR) is 134 cm³/mol. The van der Waals surface area contributed by atoms with Crippen LogP contribution in [0.1, 0.15) is 45.9 Å². The Hall–Kier alpha value is -4.20. The molecule has 2 aromatic heterocycles. The summed E-state index contributed by atoms with van der Waals surface area (Å²) in [5, 5.41) is 14.6. The minimum absolute atomic E-state index is 0.000207. The number of aromatic nitrogens is 4. The lowest BCUT2D eigenvalue weighted by Gasteiger charge is -2.32. The van der Waals surface area contributed by atoms with Gasteiger partial charge in [0.15, 0.2) is 11.6 Å². The van der Waals surface area contributed by atoms with Crippen LogP contribution in [0.5, 0.6) is 5.75 Å². The molecule has 4 aromatic rings. The zero-order valence-electron chi connectivity index (χ0n) is 19.7. The Kier molecular flexibility index (Phi) is 5.94. The van der Waals surface area contributed by atoms with Crippen molar-refractivity contribution in [3.63, 3.8) is 0 Å². The van der Waals surface area contributed by atoms with Crippen LogP contribution in [0.2, 0.25) is 0 Å². The van der Waals surface area contributed by atoms with Gasteiger partial charge in [0.1, 0.15) is 11.6 Å². The van der Waals surface area contributed by atoms with Gasteiger partial charge in [-0.3, -0.25) is 9.78 Å². The van der Waals surface area contributed by atoms with E-state index in [0.29, 0.717) is 41.2 Å². The Morgan fingerprint density at radius 3 is 2.37 bits per heavy atom. The normalized spacial score (nSPS) is 14.3. The van der Waals surface area contributed by atoms with E-state index in [1.54, 1.807) is 42.9 Å². The summed E-state index contributed by atoms with van der Waals surface area (Å²) in [6, 6.07) is 16.6. The molecule has 1 aliphatic rings. The average molecular weight is 470 g/mol. The van der Waals surface area contributed by atoms with Gasteiger partial charge in [0, 0.05) is 36.0 Å². The second-order valence-electron chi connectivity index (χ2n) is 9.00. The third-order valence-corrected chi connectivity index (χ3v) is 6.58. The maximum Gasteiger partial charge on any atom is 0.343 e. The topological polar surface area (TPSA) is 104 Å². The monoisotopic (exact) mass is 469 g/mol. The maximum atomic E-state index is 13.1. The number of nitrogens with zero attached hydrogens (tertiary/aromatic N) is 4. The highest BCUT2D eigenvalue weighted by molar-refractivity contribution is 6.09. The van der Waals surface area contributed by atoms with Crippen molar-refractivity contribution in [2.45, 2.75) is 32.7 Å². The number of aromatic amines is 1. The zero-order chi connectivity index (χ0) is 24.5. The Labute approximate surface area is 202 Å². The number of pyridine rings is 1. The summed E-state index contributed by atoms with van der Waals surface area (Å²) < 4.78 is 1.56. The van der Waals surface area contributed by atoms with Gasteiger partial charge in [-0.2, -0.15) is 0 Å². The summed E-state index contributed by atoms with van der Waals surface area (Å²) in [6.45, 7) is 4.98. The summed E-state index contributed by atoms with van der Waals surface area (Å²) in [6.07, 6.45) is 3.14. The van der Waals surface area contributed by atoms with E-state index in [9.17, 15) is 14.7 Å². The summed E-state index contributed by atoms with van der Waals surface area (Å²) in [5.41, 5.74) is 3.12. The van der Waals surface area contributed by atoms with E-state index in [-0.39, 0.29) is 23.3 Å². The number of aryl methyl sites for hydroxylation is 2. The number of hydrogen-bond donors (Lipinski definition) is 2. The number of phenols is 1. The second-order valence-corrected chi connectivity index (χ2v) is 9.00. The van der Waals surface area contributed by atoms with Crippen LogP contribution in [0.3, 0.4) is 0 Å². The van der Waals surface area contributed by atoms with Gasteiger partial charge in [0.25, 0.3) is 0 Å². The molecule has 35 heavy (non-hydrogen) atoms. The number of H-pyrrole nitrogens is 1. The Balaban J connectivity index is 1.30. The van der Waals surface area contributed by atoms with E-state index < -0.39 is 0 Å². The number of piperidine rings is 1. The van der Waals surface area contributed by atoms with Crippen molar-refractivity contribution in [2.75, 3.05) is 18.0 Å². The van der Waals surface area contributed by atoms with Gasteiger partial charge in [-0.25, -0.2) is 14.5 Å².